The maximum absolute atomic E-state index is 13.1. The maximum Gasteiger partial charge on any atom is 0.223 e. The van der Waals surface area contributed by atoms with Crippen molar-refractivity contribution in [3.05, 3.63) is 76.6 Å². The van der Waals surface area contributed by atoms with E-state index in [4.69, 9.17) is 15.3 Å². The first-order chi connectivity index (χ1) is 15.4. The highest BCUT2D eigenvalue weighted by atomic mass is 16.2. The number of nitriles is 1. The zero-order valence-electron chi connectivity index (χ0n) is 19.0. The van der Waals surface area contributed by atoms with Gasteiger partial charge in [-0.2, -0.15) is 10.4 Å². The first kappa shape index (κ1) is 21.5. The third kappa shape index (κ3) is 3.82. The van der Waals surface area contributed by atoms with Crippen molar-refractivity contribution < 1.29 is 4.79 Å². The third-order valence-electron chi connectivity index (χ3n) is 6.26. The average molecular weight is 426 g/mol. The lowest BCUT2D eigenvalue weighted by molar-refractivity contribution is -0.133. The van der Waals surface area contributed by atoms with Crippen molar-refractivity contribution in [3.63, 3.8) is 0 Å². The van der Waals surface area contributed by atoms with Crippen LogP contribution in [0.4, 0.5) is 0 Å². The number of aryl methyl sites for hydroxylation is 2. The lowest BCUT2D eigenvalue weighted by Gasteiger charge is -2.29. The number of carbonyl (C=O) groups is 1. The van der Waals surface area contributed by atoms with Gasteiger partial charge in [-0.1, -0.05) is 24.3 Å². The van der Waals surface area contributed by atoms with Crippen LogP contribution in [0.15, 0.2) is 48.5 Å². The molecule has 0 spiro atoms. The number of fused-ring (bicyclic) bond motifs is 3. The van der Waals surface area contributed by atoms with Gasteiger partial charge in [-0.3, -0.25) is 4.79 Å². The smallest absolute Gasteiger partial charge is 0.223 e. The van der Waals surface area contributed by atoms with Crippen molar-refractivity contribution in [2.45, 2.75) is 46.6 Å². The van der Waals surface area contributed by atoms with Gasteiger partial charge in [0.1, 0.15) is 0 Å². The standard InChI is InChI=1S/C26H27N5O/c1-5-30(18(3)21-12-10-20(16-27)11-13-21)25(32)15-14-22-17(2)28-26-23-8-6-7-9-24(23)29-31(26)19(22)4/h6-13,18H,5,14-15H2,1-4H3. The van der Waals surface area contributed by atoms with Crippen molar-refractivity contribution in [1.29, 1.82) is 5.26 Å². The number of benzene rings is 2. The zero-order valence-corrected chi connectivity index (χ0v) is 19.0. The van der Waals surface area contributed by atoms with Gasteiger partial charge in [-0.05, 0) is 69.5 Å². The van der Waals surface area contributed by atoms with Crippen molar-refractivity contribution in [2.75, 3.05) is 6.54 Å². The molecule has 0 radical (unpaired) electrons. The van der Waals surface area contributed by atoms with Crippen LogP contribution in [0.2, 0.25) is 0 Å². The van der Waals surface area contributed by atoms with Gasteiger partial charge >= 0.3 is 0 Å². The Kier molecular flexibility index (Phi) is 5.91. The fraction of sp³-hybridized carbons (Fsp3) is 0.308. The Morgan fingerprint density at radius 1 is 1.16 bits per heavy atom. The van der Waals surface area contributed by atoms with E-state index in [-0.39, 0.29) is 11.9 Å². The number of hydrogen-bond acceptors (Lipinski definition) is 4. The van der Waals surface area contributed by atoms with Crippen LogP contribution >= 0.6 is 0 Å². The van der Waals surface area contributed by atoms with E-state index in [0.29, 0.717) is 24.9 Å². The van der Waals surface area contributed by atoms with Crippen LogP contribution in [0.25, 0.3) is 16.6 Å². The molecule has 4 rings (SSSR count). The Hall–Kier alpha value is -3.72. The van der Waals surface area contributed by atoms with E-state index >= 15 is 0 Å². The van der Waals surface area contributed by atoms with Crippen molar-refractivity contribution >= 4 is 22.5 Å². The average Bonchev–Trinajstić information content (AvgIpc) is 3.18. The van der Waals surface area contributed by atoms with E-state index in [1.807, 2.05) is 73.5 Å². The molecule has 162 valence electrons. The summed E-state index contributed by atoms with van der Waals surface area (Å²) >= 11 is 0. The van der Waals surface area contributed by atoms with Gasteiger partial charge in [0.25, 0.3) is 0 Å². The SMILES string of the molecule is CCN(C(=O)CCc1c(C)nc2c3ccccc3nn2c1C)C(C)c1ccc(C#N)cc1. The molecule has 2 aromatic carbocycles. The lowest BCUT2D eigenvalue weighted by atomic mass is 10.0. The fourth-order valence-electron chi connectivity index (χ4n) is 4.40. The summed E-state index contributed by atoms with van der Waals surface area (Å²) in [5.74, 6) is 0.105. The molecular formula is C26H27N5O. The van der Waals surface area contributed by atoms with Crippen LogP contribution in [-0.4, -0.2) is 31.9 Å². The van der Waals surface area contributed by atoms with Gasteiger partial charge in [0.05, 0.1) is 23.2 Å². The molecular weight excluding hydrogens is 398 g/mol. The predicted molar refractivity (Wildman–Crippen MR) is 125 cm³/mol. The summed E-state index contributed by atoms with van der Waals surface area (Å²) in [6.07, 6.45) is 1.02. The van der Waals surface area contributed by atoms with Gasteiger partial charge in [-0.15, -0.1) is 0 Å². The summed E-state index contributed by atoms with van der Waals surface area (Å²) in [5, 5.41) is 14.8. The second-order valence-electron chi connectivity index (χ2n) is 8.10. The number of aromatic nitrogens is 3. The maximum atomic E-state index is 13.1. The van der Waals surface area contributed by atoms with Gasteiger partial charge in [0.2, 0.25) is 5.91 Å². The number of amides is 1. The van der Waals surface area contributed by atoms with Crippen molar-refractivity contribution in [3.8, 4) is 6.07 Å². The van der Waals surface area contributed by atoms with E-state index in [9.17, 15) is 4.79 Å². The molecule has 0 bridgehead atoms. The van der Waals surface area contributed by atoms with Gasteiger partial charge in [0, 0.05) is 29.7 Å². The van der Waals surface area contributed by atoms with E-state index < -0.39 is 0 Å². The molecule has 6 heteroatoms. The Morgan fingerprint density at radius 3 is 2.56 bits per heavy atom. The fourth-order valence-corrected chi connectivity index (χ4v) is 4.40. The molecule has 0 aliphatic heterocycles. The summed E-state index contributed by atoms with van der Waals surface area (Å²) in [4.78, 5) is 19.8. The second kappa shape index (κ2) is 8.80. The Bertz CT molecular complexity index is 1330. The Morgan fingerprint density at radius 2 is 1.88 bits per heavy atom. The summed E-state index contributed by atoms with van der Waals surface area (Å²) < 4.78 is 1.90. The monoisotopic (exact) mass is 425 g/mol. The summed E-state index contributed by atoms with van der Waals surface area (Å²) in [5.41, 5.74) is 6.46. The van der Waals surface area contributed by atoms with Gasteiger partial charge in [0.15, 0.2) is 5.65 Å². The molecule has 1 atom stereocenters. The van der Waals surface area contributed by atoms with E-state index in [2.05, 4.69) is 6.07 Å². The molecule has 1 amide bonds. The minimum Gasteiger partial charge on any atom is -0.336 e. The van der Waals surface area contributed by atoms with Crippen LogP contribution in [-0.2, 0) is 11.2 Å². The predicted octanol–water partition coefficient (Wildman–Crippen LogP) is 4.91. The van der Waals surface area contributed by atoms with Crippen molar-refractivity contribution in [2.24, 2.45) is 0 Å². The highest BCUT2D eigenvalue weighted by Crippen LogP contribution is 2.25. The van der Waals surface area contributed by atoms with E-state index in [1.165, 1.54) is 0 Å². The summed E-state index contributed by atoms with van der Waals surface area (Å²) in [7, 11) is 0. The van der Waals surface area contributed by atoms with Gasteiger partial charge < -0.3 is 4.90 Å². The Balaban J connectivity index is 1.55. The number of carbonyl (C=O) groups excluding carboxylic acids is 1. The third-order valence-corrected chi connectivity index (χ3v) is 6.26. The highest BCUT2D eigenvalue weighted by molar-refractivity contribution is 5.92. The molecule has 32 heavy (non-hydrogen) atoms. The molecule has 0 saturated heterocycles. The highest BCUT2D eigenvalue weighted by Gasteiger charge is 2.21. The van der Waals surface area contributed by atoms with Gasteiger partial charge in [-0.25, -0.2) is 9.50 Å². The molecule has 0 N–H and O–H groups in total. The van der Waals surface area contributed by atoms with Crippen LogP contribution in [0.5, 0.6) is 0 Å². The number of hydrogen-bond donors (Lipinski definition) is 0. The van der Waals surface area contributed by atoms with Crippen LogP contribution < -0.4 is 0 Å². The quantitative estimate of drug-likeness (QED) is 0.440. The van der Waals surface area contributed by atoms with E-state index in [0.717, 1.165) is 39.1 Å². The topological polar surface area (TPSA) is 74.3 Å². The normalized spacial score (nSPS) is 12.1. The summed E-state index contributed by atoms with van der Waals surface area (Å²) in [6, 6.07) is 17.5. The molecule has 0 aliphatic rings. The molecule has 2 aromatic heterocycles. The molecule has 1 unspecified atom stereocenters. The van der Waals surface area contributed by atoms with Crippen LogP contribution in [0, 0.1) is 25.2 Å². The van der Waals surface area contributed by atoms with E-state index in [1.54, 1.807) is 12.1 Å². The number of nitrogens with zero attached hydrogens (tertiary/aromatic N) is 5. The Labute approximate surface area is 188 Å². The van der Waals surface area contributed by atoms with Crippen molar-refractivity contribution in [1.82, 2.24) is 19.5 Å². The lowest BCUT2D eigenvalue weighted by Crippen LogP contribution is -2.33. The van der Waals surface area contributed by atoms with Crippen LogP contribution in [0.3, 0.4) is 0 Å². The second-order valence-corrected chi connectivity index (χ2v) is 8.10. The first-order valence-electron chi connectivity index (χ1n) is 11.0. The molecule has 0 saturated carbocycles. The molecule has 0 fully saturated rings. The molecule has 2 heterocycles. The zero-order chi connectivity index (χ0) is 22.8. The first-order valence-corrected chi connectivity index (χ1v) is 11.0. The minimum atomic E-state index is -0.0561. The summed E-state index contributed by atoms with van der Waals surface area (Å²) in [6.45, 7) is 8.70. The minimum absolute atomic E-state index is 0.0561. The molecule has 6 nitrogen and oxygen atoms in total. The number of rotatable bonds is 6. The largest absolute Gasteiger partial charge is 0.336 e. The molecule has 4 aromatic rings. The molecule has 0 aliphatic carbocycles. The van der Waals surface area contributed by atoms with Crippen LogP contribution in [0.1, 0.15) is 54.4 Å².